The van der Waals surface area contributed by atoms with Crippen LogP contribution in [0.4, 0.5) is 10.5 Å². The number of carbonyl (C=O) groups is 1. The Hall–Kier alpha value is -2.53. The highest BCUT2D eigenvalue weighted by Gasteiger charge is 2.37. The van der Waals surface area contributed by atoms with E-state index >= 15 is 0 Å². The van der Waals surface area contributed by atoms with Crippen molar-refractivity contribution in [2.75, 3.05) is 24.5 Å². The highest BCUT2D eigenvalue weighted by Crippen LogP contribution is 2.31. The summed E-state index contributed by atoms with van der Waals surface area (Å²) in [6.07, 6.45) is 1.86. The van der Waals surface area contributed by atoms with Crippen molar-refractivity contribution in [3.63, 3.8) is 0 Å². The zero-order valence-electron chi connectivity index (χ0n) is 15.7. The molecule has 5 nitrogen and oxygen atoms in total. The molecule has 142 valence electrons. The van der Waals surface area contributed by atoms with E-state index in [-0.39, 0.29) is 17.9 Å². The fourth-order valence-electron chi connectivity index (χ4n) is 4.13. The molecular weight excluding hydrogens is 340 g/mol. The predicted molar refractivity (Wildman–Crippen MR) is 105 cm³/mol. The Morgan fingerprint density at radius 1 is 1.19 bits per heavy atom. The molecule has 27 heavy (non-hydrogen) atoms. The molecule has 2 bridgehead atoms. The van der Waals surface area contributed by atoms with E-state index in [4.69, 9.17) is 4.74 Å². The van der Waals surface area contributed by atoms with E-state index < -0.39 is 0 Å². The SMILES string of the molecule is Cc1cccc(N(Cc2cccc(O)c2)C(=O)OC2CN3CCC2CC3)c1. The van der Waals surface area contributed by atoms with Gasteiger partial charge in [-0.2, -0.15) is 0 Å². The lowest BCUT2D eigenvalue weighted by atomic mass is 9.86. The average molecular weight is 366 g/mol. The van der Waals surface area contributed by atoms with Crippen LogP contribution in [0.2, 0.25) is 0 Å². The summed E-state index contributed by atoms with van der Waals surface area (Å²) in [4.78, 5) is 17.2. The molecule has 3 heterocycles. The fraction of sp³-hybridized carbons (Fsp3) is 0.409. The first-order chi connectivity index (χ1) is 13.1. The number of fused-ring (bicyclic) bond motifs is 3. The molecule has 0 radical (unpaired) electrons. The lowest BCUT2D eigenvalue weighted by Crippen LogP contribution is -2.53. The quantitative estimate of drug-likeness (QED) is 0.891. The van der Waals surface area contributed by atoms with Crippen molar-refractivity contribution in [1.29, 1.82) is 0 Å². The molecule has 0 saturated carbocycles. The lowest BCUT2D eigenvalue weighted by Gasteiger charge is -2.44. The Bertz CT molecular complexity index is 815. The van der Waals surface area contributed by atoms with Crippen LogP contribution in [-0.2, 0) is 11.3 Å². The predicted octanol–water partition coefficient (Wildman–Crippen LogP) is 3.94. The molecule has 3 aliphatic heterocycles. The van der Waals surface area contributed by atoms with Gasteiger partial charge in [0.2, 0.25) is 0 Å². The maximum Gasteiger partial charge on any atom is 0.414 e. The largest absolute Gasteiger partial charge is 0.508 e. The van der Waals surface area contributed by atoms with E-state index in [0.717, 1.165) is 49.3 Å². The van der Waals surface area contributed by atoms with Crippen molar-refractivity contribution < 1.29 is 14.6 Å². The summed E-state index contributed by atoms with van der Waals surface area (Å²) in [5.41, 5.74) is 2.76. The number of ether oxygens (including phenoxy) is 1. The Balaban J connectivity index is 1.56. The van der Waals surface area contributed by atoms with Crippen LogP contribution in [0.25, 0.3) is 0 Å². The third kappa shape index (κ3) is 4.08. The number of benzene rings is 2. The summed E-state index contributed by atoms with van der Waals surface area (Å²) in [5, 5.41) is 9.77. The molecule has 1 unspecified atom stereocenters. The molecule has 1 atom stereocenters. The van der Waals surface area contributed by atoms with Crippen LogP contribution in [0.15, 0.2) is 48.5 Å². The minimum absolute atomic E-state index is 0.0310. The number of hydrogen-bond acceptors (Lipinski definition) is 4. The van der Waals surface area contributed by atoms with E-state index in [1.807, 2.05) is 37.3 Å². The number of carbonyl (C=O) groups excluding carboxylic acids is 1. The standard InChI is InChI=1S/C22H26N2O3/c1-16-4-2-6-19(12-16)24(14-17-5-3-7-20(25)13-17)22(26)27-21-15-23-10-8-18(21)9-11-23/h2-7,12-13,18,21,25H,8-11,14-15H2,1H3. The van der Waals surface area contributed by atoms with Gasteiger partial charge in [0, 0.05) is 12.2 Å². The maximum atomic E-state index is 13.1. The number of hydrogen-bond donors (Lipinski definition) is 1. The number of rotatable bonds is 4. The van der Waals surface area contributed by atoms with E-state index in [1.165, 1.54) is 0 Å². The van der Waals surface area contributed by atoms with Gasteiger partial charge in [0.1, 0.15) is 11.9 Å². The van der Waals surface area contributed by atoms with Gasteiger partial charge in [0.05, 0.1) is 6.54 Å². The Labute approximate surface area is 160 Å². The van der Waals surface area contributed by atoms with Gasteiger partial charge in [-0.25, -0.2) is 4.79 Å². The van der Waals surface area contributed by atoms with Crippen LogP contribution in [0, 0.1) is 12.8 Å². The molecule has 3 fully saturated rings. The number of phenols is 1. The molecule has 0 spiro atoms. The second-order valence-electron chi connectivity index (χ2n) is 7.66. The summed E-state index contributed by atoms with van der Waals surface area (Å²) >= 11 is 0. The van der Waals surface area contributed by atoms with Crippen molar-refractivity contribution in [3.05, 3.63) is 59.7 Å². The minimum Gasteiger partial charge on any atom is -0.508 e. The number of phenolic OH excluding ortho intramolecular Hbond substituents is 1. The number of nitrogens with zero attached hydrogens (tertiary/aromatic N) is 2. The first-order valence-corrected chi connectivity index (χ1v) is 9.63. The number of piperidine rings is 3. The molecule has 2 aromatic rings. The number of amides is 1. The van der Waals surface area contributed by atoms with Gasteiger partial charge in [-0.1, -0.05) is 24.3 Å². The van der Waals surface area contributed by atoms with Crippen LogP contribution < -0.4 is 4.90 Å². The first kappa shape index (κ1) is 17.9. The molecule has 0 aromatic heterocycles. The zero-order valence-corrected chi connectivity index (χ0v) is 15.7. The van der Waals surface area contributed by atoms with Crippen LogP contribution in [0.5, 0.6) is 5.75 Å². The summed E-state index contributed by atoms with van der Waals surface area (Å²) < 4.78 is 5.97. The molecule has 5 heteroatoms. The molecule has 3 aliphatic rings. The molecule has 3 saturated heterocycles. The van der Waals surface area contributed by atoms with E-state index in [1.54, 1.807) is 23.1 Å². The normalized spacial score (nSPS) is 23.8. The Morgan fingerprint density at radius 2 is 1.96 bits per heavy atom. The van der Waals surface area contributed by atoms with Crippen LogP contribution in [0.1, 0.15) is 24.0 Å². The third-order valence-corrected chi connectivity index (χ3v) is 5.63. The molecule has 0 aliphatic carbocycles. The van der Waals surface area contributed by atoms with E-state index in [0.29, 0.717) is 12.5 Å². The van der Waals surface area contributed by atoms with Crippen molar-refractivity contribution in [3.8, 4) is 5.75 Å². The van der Waals surface area contributed by atoms with Gasteiger partial charge >= 0.3 is 6.09 Å². The molecule has 5 rings (SSSR count). The zero-order chi connectivity index (χ0) is 18.8. The molecule has 2 aromatic carbocycles. The summed E-state index contributed by atoms with van der Waals surface area (Å²) in [7, 11) is 0. The smallest absolute Gasteiger partial charge is 0.414 e. The van der Waals surface area contributed by atoms with Crippen LogP contribution in [-0.4, -0.2) is 41.8 Å². The first-order valence-electron chi connectivity index (χ1n) is 9.63. The van der Waals surface area contributed by atoms with Gasteiger partial charge < -0.3 is 9.84 Å². The van der Waals surface area contributed by atoms with Gasteiger partial charge in [-0.3, -0.25) is 9.80 Å². The number of aryl methyl sites for hydroxylation is 1. The maximum absolute atomic E-state index is 13.1. The topological polar surface area (TPSA) is 53.0 Å². The minimum atomic E-state index is -0.317. The van der Waals surface area contributed by atoms with Crippen molar-refractivity contribution >= 4 is 11.8 Å². The Kier molecular flexibility index (Phi) is 5.03. The molecule has 1 amide bonds. The summed E-state index contributed by atoms with van der Waals surface area (Å²) in [5.74, 6) is 0.668. The van der Waals surface area contributed by atoms with Crippen LogP contribution >= 0.6 is 0 Å². The Morgan fingerprint density at radius 3 is 2.63 bits per heavy atom. The van der Waals surface area contributed by atoms with Crippen molar-refractivity contribution in [1.82, 2.24) is 4.90 Å². The number of anilines is 1. The van der Waals surface area contributed by atoms with Gasteiger partial charge in [-0.15, -0.1) is 0 Å². The average Bonchev–Trinajstić information content (AvgIpc) is 2.67. The summed E-state index contributed by atoms with van der Waals surface area (Å²) in [6, 6.07) is 14.9. The van der Waals surface area contributed by atoms with Gasteiger partial charge in [0.15, 0.2) is 0 Å². The highest BCUT2D eigenvalue weighted by atomic mass is 16.6. The lowest BCUT2D eigenvalue weighted by molar-refractivity contribution is -0.0311. The molecular formula is C22H26N2O3. The van der Waals surface area contributed by atoms with Crippen molar-refractivity contribution in [2.45, 2.75) is 32.4 Å². The van der Waals surface area contributed by atoms with Crippen LogP contribution in [0.3, 0.4) is 0 Å². The number of aromatic hydroxyl groups is 1. The van der Waals surface area contributed by atoms with E-state index in [2.05, 4.69) is 4.90 Å². The summed E-state index contributed by atoms with van der Waals surface area (Å²) in [6.45, 7) is 5.43. The second-order valence-corrected chi connectivity index (χ2v) is 7.66. The van der Waals surface area contributed by atoms with Gasteiger partial charge in [0.25, 0.3) is 0 Å². The third-order valence-electron chi connectivity index (χ3n) is 5.63. The van der Waals surface area contributed by atoms with Gasteiger partial charge in [-0.05, 0) is 74.2 Å². The van der Waals surface area contributed by atoms with Crippen molar-refractivity contribution in [2.24, 2.45) is 5.92 Å². The molecule has 1 N–H and O–H groups in total. The fourth-order valence-corrected chi connectivity index (χ4v) is 4.13. The monoisotopic (exact) mass is 366 g/mol. The second kappa shape index (κ2) is 7.61. The van der Waals surface area contributed by atoms with E-state index in [9.17, 15) is 9.90 Å². The highest BCUT2D eigenvalue weighted by molar-refractivity contribution is 5.87.